The standard InChI is InChI=1S/C16H17Cl2NO/c17-12-3-1-9(7-13(12)18)11-8-10-2-4-14-16(11)15(20)5-6-19(10)14/h1,3,7,10-11,14,16H,2,4-6,8H2/t10-,11+,14+,16?/m0/s1. The largest absolute Gasteiger partial charge is 0.299 e. The van der Waals surface area contributed by atoms with E-state index in [1.807, 2.05) is 12.1 Å². The molecule has 2 unspecified atom stereocenters. The zero-order chi connectivity index (χ0) is 13.9. The van der Waals surface area contributed by atoms with Crippen LogP contribution in [0.15, 0.2) is 18.2 Å². The van der Waals surface area contributed by atoms with Crippen molar-refractivity contribution >= 4 is 29.0 Å². The average molecular weight is 310 g/mol. The molecule has 0 spiro atoms. The van der Waals surface area contributed by atoms with Gasteiger partial charge < -0.3 is 0 Å². The third-order valence-electron chi connectivity index (χ3n) is 5.42. The first kappa shape index (κ1) is 13.1. The maximum atomic E-state index is 12.4. The molecule has 1 aromatic rings. The van der Waals surface area contributed by atoms with Gasteiger partial charge in [-0.2, -0.15) is 0 Å². The Hall–Kier alpha value is -0.570. The molecule has 0 radical (unpaired) electrons. The average Bonchev–Trinajstić information content (AvgIpc) is 2.71. The number of carbonyl (C=O) groups is 1. The fraction of sp³-hybridized carbons (Fsp3) is 0.562. The maximum absolute atomic E-state index is 12.4. The smallest absolute Gasteiger partial charge is 0.139 e. The van der Waals surface area contributed by atoms with Gasteiger partial charge in [-0.05, 0) is 42.9 Å². The summed E-state index contributed by atoms with van der Waals surface area (Å²) >= 11 is 12.2. The van der Waals surface area contributed by atoms with Crippen LogP contribution in [0.5, 0.6) is 0 Å². The van der Waals surface area contributed by atoms with Gasteiger partial charge >= 0.3 is 0 Å². The molecule has 4 rings (SSSR count). The second-order valence-electron chi connectivity index (χ2n) is 6.29. The van der Waals surface area contributed by atoms with Crippen molar-refractivity contribution in [1.82, 2.24) is 4.90 Å². The molecule has 3 saturated heterocycles. The number of carbonyl (C=O) groups excluding carboxylic acids is 1. The SMILES string of the molecule is O=C1CCN2[C@H]3CC[C@@H]2C1[C@@H](c1ccc(Cl)c(Cl)c1)C3. The van der Waals surface area contributed by atoms with E-state index in [1.165, 1.54) is 18.4 Å². The first-order valence-corrected chi connectivity index (χ1v) is 8.14. The zero-order valence-corrected chi connectivity index (χ0v) is 12.7. The predicted molar refractivity (Wildman–Crippen MR) is 80.5 cm³/mol. The Labute approximate surface area is 129 Å². The molecule has 0 amide bonds. The van der Waals surface area contributed by atoms with Gasteiger partial charge in [-0.1, -0.05) is 29.3 Å². The molecular weight excluding hydrogens is 293 g/mol. The summed E-state index contributed by atoms with van der Waals surface area (Å²) in [5, 5.41) is 1.19. The van der Waals surface area contributed by atoms with Gasteiger partial charge in [0.25, 0.3) is 0 Å². The molecule has 0 saturated carbocycles. The molecule has 3 fully saturated rings. The molecule has 20 heavy (non-hydrogen) atoms. The molecule has 3 aliphatic heterocycles. The molecule has 3 heterocycles. The molecule has 0 N–H and O–H groups in total. The molecule has 106 valence electrons. The summed E-state index contributed by atoms with van der Waals surface area (Å²) in [5.41, 5.74) is 1.19. The zero-order valence-electron chi connectivity index (χ0n) is 11.2. The molecule has 5 atom stereocenters. The Morgan fingerprint density at radius 1 is 1.15 bits per heavy atom. The third-order valence-corrected chi connectivity index (χ3v) is 6.16. The summed E-state index contributed by atoms with van der Waals surface area (Å²) in [7, 11) is 0. The van der Waals surface area contributed by atoms with E-state index in [-0.39, 0.29) is 5.92 Å². The summed E-state index contributed by atoms with van der Waals surface area (Å²) in [4.78, 5) is 15.0. The van der Waals surface area contributed by atoms with Gasteiger partial charge in [0.1, 0.15) is 5.78 Å². The van der Waals surface area contributed by atoms with Crippen LogP contribution >= 0.6 is 23.2 Å². The van der Waals surface area contributed by atoms with E-state index < -0.39 is 0 Å². The molecule has 4 bridgehead atoms. The van der Waals surface area contributed by atoms with E-state index in [4.69, 9.17) is 23.2 Å². The van der Waals surface area contributed by atoms with Crippen molar-refractivity contribution in [2.45, 2.75) is 43.7 Å². The van der Waals surface area contributed by atoms with Crippen molar-refractivity contribution in [2.24, 2.45) is 5.92 Å². The van der Waals surface area contributed by atoms with Crippen molar-refractivity contribution in [3.8, 4) is 0 Å². The molecule has 2 nitrogen and oxygen atoms in total. The minimum absolute atomic E-state index is 0.166. The number of ketones is 1. The van der Waals surface area contributed by atoms with E-state index in [0.29, 0.717) is 33.8 Å². The number of benzene rings is 1. The van der Waals surface area contributed by atoms with E-state index in [1.54, 1.807) is 0 Å². The van der Waals surface area contributed by atoms with Crippen LogP contribution < -0.4 is 0 Å². The highest BCUT2D eigenvalue weighted by atomic mass is 35.5. The predicted octanol–water partition coefficient (Wildman–Crippen LogP) is 3.90. The second kappa shape index (κ2) is 4.72. The Kier molecular flexibility index (Phi) is 3.10. The molecule has 4 heteroatoms. The highest BCUT2D eigenvalue weighted by Crippen LogP contribution is 2.50. The molecule has 3 aliphatic rings. The third kappa shape index (κ3) is 1.85. The van der Waals surface area contributed by atoms with Gasteiger partial charge in [0, 0.05) is 31.0 Å². The van der Waals surface area contributed by atoms with Crippen LogP contribution in [-0.2, 0) is 4.79 Å². The number of hydrogen-bond acceptors (Lipinski definition) is 2. The molecule has 0 aromatic heterocycles. The van der Waals surface area contributed by atoms with E-state index in [2.05, 4.69) is 11.0 Å². The van der Waals surface area contributed by atoms with Crippen molar-refractivity contribution in [3.63, 3.8) is 0 Å². The van der Waals surface area contributed by atoms with Gasteiger partial charge in [0.15, 0.2) is 0 Å². The van der Waals surface area contributed by atoms with E-state index >= 15 is 0 Å². The summed E-state index contributed by atoms with van der Waals surface area (Å²) in [6.45, 7) is 0.971. The van der Waals surface area contributed by atoms with Crippen molar-refractivity contribution in [2.75, 3.05) is 6.54 Å². The lowest BCUT2D eigenvalue weighted by molar-refractivity contribution is -0.132. The molecule has 1 aromatic carbocycles. The van der Waals surface area contributed by atoms with Crippen LogP contribution in [0.4, 0.5) is 0 Å². The topological polar surface area (TPSA) is 20.3 Å². The lowest BCUT2D eigenvalue weighted by atomic mass is 9.71. The van der Waals surface area contributed by atoms with Crippen molar-refractivity contribution in [1.29, 1.82) is 0 Å². The number of nitrogens with zero attached hydrogens (tertiary/aromatic N) is 1. The Balaban J connectivity index is 1.74. The van der Waals surface area contributed by atoms with Crippen LogP contribution in [-0.4, -0.2) is 29.3 Å². The fourth-order valence-corrected chi connectivity index (χ4v) is 4.90. The highest BCUT2D eigenvalue weighted by molar-refractivity contribution is 6.42. The highest BCUT2D eigenvalue weighted by Gasteiger charge is 2.52. The normalized spacial score (nSPS) is 39.1. The van der Waals surface area contributed by atoms with Gasteiger partial charge in [-0.15, -0.1) is 0 Å². The van der Waals surface area contributed by atoms with Crippen LogP contribution in [0.25, 0.3) is 0 Å². The lowest BCUT2D eigenvalue weighted by Crippen LogP contribution is -2.55. The minimum atomic E-state index is 0.166. The van der Waals surface area contributed by atoms with Crippen LogP contribution in [0.3, 0.4) is 0 Å². The summed E-state index contributed by atoms with van der Waals surface area (Å²) in [5.74, 6) is 0.939. The van der Waals surface area contributed by atoms with Crippen molar-refractivity contribution < 1.29 is 4.79 Å². The van der Waals surface area contributed by atoms with Gasteiger partial charge in [-0.3, -0.25) is 9.69 Å². The number of rotatable bonds is 1. The Morgan fingerprint density at radius 3 is 2.80 bits per heavy atom. The molecular formula is C16H17Cl2NO. The van der Waals surface area contributed by atoms with E-state index in [0.717, 1.165) is 19.4 Å². The maximum Gasteiger partial charge on any atom is 0.139 e. The lowest BCUT2D eigenvalue weighted by Gasteiger charge is -2.47. The number of piperidine rings is 2. The first-order chi connectivity index (χ1) is 9.65. The second-order valence-corrected chi connectivity index (χ2v) is 7.11. The van der Waals surface area contributed by atoms with Crippen LogP contribution in [0.1, 0.15) is 37.2 Å². The summed E-state index contributed by atoms with van der Waals surface area (Å²) < 4.78 is 0. The van der Waals surface area contributed by atoms with Gasteiger partial charge in [-0.25, -0.2) is 0 Å². The van der Waals surface area contributed by atoms with Crippen LogP contribution in [0.2, 0.25) is 10.0 Å². The first-order valence-electron chi connectivity index (χ1n) is 7.38. The summed E-state index contributed by atoms with van der Waals surface area (Å²) in [6.07, 6.45) is 4.23. The Bertz CT molecular complexity index is 574. The fourth-order valence-electron chi connectivity index (χ4n) is 4.59. The van der Waals surface area contributed by atoms with Crippen LogP contribution in [0, 0.1) is 5.92 Å². The van der Waals surface area contributed by atoms with E-state index in [9.17, 15) is 4.79 Å². The number of Topliss-reactive ketones (excluding diaryl/α,β-unsaturated/α-hetero) is 1. The summed E-state index contributed by atoms with van der Waals surface area (Å²) in [6, 6.07) is 7.00. The quantitative estimate of drug-likeness (QED) is 0.784. The number of halogens is 2. The van der Waals surface area contributed by atoms with Gasteiger partial charge in [0.05, 0.1) is 10.0 Å². The Morgan fingerprint density at radius 2 is 2.00 bits per heavy atom. The van der Waals surface area contributed by atoms with Gasteiger partial charge in [0.2, 0.25) is 0 Å². The number of hydrogen-bond donors (Lipinski definition) is 0. The molecule has 0 aliphatic carbocycles. The minimum Gasteiger partial charge on any atom is -0.299 e. The monoisotopic (exact) mass is 309 g/mol. The van der Waals surface area contributed by atoms with Crippen molar-refractivity contribution in [3.05, 3.63) is 33.8 Å².